The summed E-state index contributed by atoms with van der Waals surface area (Å²) in [5.41, 5.74) is 0. The Labute approximate surface area is 106 Å². The summed E-state index contributed by atoms with van der Waals surface area (Å²) in [7, 11) is 0. The van der Waals surface area contributed by atoms with Crippen LogP contribution in [0.4, 0.5) is 0 Å². The van der Waals surface area contributed by atoms with Gasteiger partial charge in [-0.2, -0.15) is 0 Å². The van der Waals surface area contributed by atoms with E-state index in [9.17, 15) is 4.79 Å². The zero-order valence-electron chi connectivity index (χ0n) is 10.8. The van der Waals surface area contributed by atoms with Crippen molar-refractivity contribution in [3.63, 3.8) is 0 Å². The van der Waals surface area contributed by atoms with Gasteiger partial charge in [-0.25, -0.2) is 9.79 Å². The van der Waals surface area contributed by atoms with Crippen molar-refractivity contribution in [2.24, 2.45) is 4.99 Å². The number of rotatable bonds is 4. The quantitative estimate of drug-likeness (QED) is 0.770. The molecule has 5 heteroatoms. The monoisotopic (exact) mass is 251 g/mol. The molecule has 1 aliphatic rings. The Kier molecular flexibility index (Phi) is 3.69. The van der Waals surface area contributed by atoms with Crippen LogP contribution in [0.15, 0.2) is 21.5 Å². The van der Waals surface area contributed by atoms with E-state index >= 15 is 0 Å². The van der Waals surface area contributed by atoms with Crippen molar-refractivity contribution in [3.8, 4) is 0 Å². The maximum absolute atomic E-state index is 11.8. The number of hydrogen-bond donors (Lipinski definition) is 0. The lowest BCUT2D eigenvalue weighted by Crippen LogP contribution is -2.26. The molecule has 0 fully saturated rings. The van der Waals surface area contributed by atoms with Crippen LogP contribution in [0, 0.1) is 0 Å². The first-order chi connectivity index (χ1) is 8.65. The van der Waals surface area contributed by atoms with Gasteiger partial charge in [-0.05, 0) is 19.1 Å². The largest absolute Gasteiger partial charge is 0.467 e. The summed E-state index contributed by atoms with van der Waals surface area (Å²) >= 11 is 0. The number of aliphatic imine (C=N–C) groups is 1. The topological polar surface area (TPSA) is 61.0 Å². The lowest BCUT2D eigenvalue weighted by atomic mass is 10.1. The molecule has 0 radical (unpaired) electrons. The summed E-state index contributed by atoms with van der Waals surface area (Å²) in [4.78, 5) is 16.0. The predicted molar refractivity (Wildman–Crippen MR) is 65.4 cm³/mol. The molecule has 2 unspecified atom stereocenters. The average Bonchev–Trinajstić information content (AvgIpc) is 2.95. The fourth-order valence-corrected chi connectivity index (χ4v) is 1.90. The standard InChI is InChI=1S/C13H17NO4/c1-4-9-6-7-10(18-9)12-11(13(15)16-5-2)14-8(3)17-12/h6-7,11-12H,4-5H2,1-3H3. The number of furan rings is 1. The van der Waals surface area contributed by atoms with Crippen LogP contribution in [0.5, 0.6) is 0 Å². The normalized spacial score (nSPS) is 22.5. The first-order valence-corrected chi connectivity index (χ1v) is 6.12. The van der Waals surface area contributed by atoms with Crippen LogP contribution < -0.4 is 0 Å². The molecule has 0 amide bonds. The van der Waals surface area contributed by atoms with E-state index in [-0.39, 0.29) is 5.97 Å². The summed E-state index contributed by atoms with van der Waals surface area (Å²) < 4.78 is 16.1. The Balaban J connectivity index is 2.19. The molecule has 98 valence electrons. The third kappa shape index (κ3) is 2.39. The van der Waals surface area contributed by atoms with Crippen LogP contribution in [0.2, 0.25) is 0 Å². The molecular formula is C13H17NO4. The Hall–Kier alpha value is -1.78. The highest BCUT2D eigenvalue weighted by Crippen LogP contribution is 2.31. The third-order valence-electron chi connectivity index (χ3n) is 2.74. The van der Waals surface area contributed by atoms with E-state index in [4.69, 9.17) is 13.9 Å². The van der Waals surface area contributed by atoms with Gasteiger partial charge in [0.25, 0.3) is 0 Å². The molecule has 0 saturated heterocycles. The van der Waals surface area contributed by atoms with E-state index < -0.39 is 12.1 Å². The van der Waals surface area contributed by atoms with Gasteiger partial charge in [0.1, 0.15) is 11.5 Å². The van der Waals surface area contributed by atoms with Crippen molar-refractivity contribution < 1.29 is 18.7 Å². The van der Waals surface area contributed by atoms with Crippen molar-refractivity contribution in [2.45, 2.75) is 39.3 Å². The maximum Gasteiger partial charge on any atom is 0.335 e. The number of carbonyl (C=O) groups is 1. The molecule has 1 aliphatic heterocycles. The van der Waals surface area contributed by atoms with Crippen molar-refractivity contribution in [1.29, 1.82) is 0 Å². The summed E-state index contributed by atoms with van der Waals surface area (Å²) in [6.45, 7) is 5.81. The van der Waals surface area contributed by atoms with E-state index in [1.54, 1.807) is 13.8 Å². The highest BCUT2D eigenvalue weighted by Gasteiger charge is 2.39. The van der Waals surface area contributed by atoms with Gasteiger partial charge < -0.3 is 13.9 Å². The van der Waals surface area contributed by atoms with Gasteiger partial charge in [0.15, 0.2) is 18.0 Å². The van der Waals surface area contributed by atoms with Gasteiger partial charge in [0.2, 0.25) is 0 Å². The first-order valence-electron chi connectivity index (χ1n) is 6.12. The Bertz CT molecular complexity index is 463. The molecule has 2 heterocycles. The Morgan fingerprint density at radius 1 is 1.44 bits per heavy atom. The smallest absolute Gasteiger partial charge is 0.335 e. The van der Waals surface area contributed by atoms with Gasteiger partial charge >= 0.3 is 5.97 Å². The van der Waals surface area contributed by atoms with Crippen molar-refractivity contribution in [2.75, 3.05) is 6.61 Å². The molecule has 0 aromatic carbocycles. The second-order valence-electron chi connectivity index (χ2n) is 4.04. The number of hydrogen-bond acceptors (Lipinski definition) is 5. The number of nitrogens with zero attached hydrogens (tertiary/aromatic N) is 1. The van der Waals surface area contributed by atoms with Crippen LogP contribution in [-0.2, 0) is 20.7 Å². The summed E-state index contributed by atoms with van der Waals surface area (Å²) in [5.74, 6) is 1.58. The van der Waals surface area contributed by atoms with Crippen LogP contribution >= 0.6 is 0 Å². The van der Waals surface area contributed by atoms with Crippen LogP contribution in [0.25, 0.3) is 0 Å². The molecule has 0 spiro atoms. The molecule has 1 aromatic rings. The lowest BCUT2D eigenvalue weighted by Gasteiger charge is -2.14. The van der Waals surface area contributed by atoms with E-state index in [1.807, 2.05) is 19.1 Å². The van der Waals surface area contributed by atoms with Crippen molar-refractivity contribution in [3.05, 3.63) is 23.7 Å². The second kappa shape index (κ2) is 5.25. The SMILES string of the molecule is CCOC(=O)C1N=C(C)OC1c1ccc(CC)o1. The Morgan fingerprint density at radius 3 is 2.83 bits per heavy atom. The van der Waals surface area contributed by atoms with Gasteiger partial charge in [0.05, 0.1) is 6.61 Å². The summed E-state index contributed by atoms with van der Waals surface area (Å²) in [6, 6.07) is 3.04. The number of carbonyl (C=O) groups excluding carboxylic acids is 1. The van der Waals surface area contributed by atoms with Crippen LogP contribution in [0.3, 0.4) is 0 Å². The fraction of sp³-hybridized carbons (Fsp3) is 0.538. The zero-order valence-corrected chi connectivity index (χ0v) is 10.8. The summed E-state index contributed by atoms with van der Waals surface area (Å²) in [5, 5.41) is 0. The Morgan fingerprint density at radius 2 is 2.22 bits per heavy atom. The van der Waals surface area contributed by atoms with Crippen LogP contribution in [0.1, 0.15) is 38.4 Å². The molecule has 0 saturated carbocycles. The van der Waals surface area contributed by atoms with Gasteiger partial charge in [-0.1, -0.05) is 6.92 Å². The molecule has 0 N–H and O–H groups in total. The van der Waals surface area contributed by atoms with E-state index in [2.05, 4.69) is 4.99 Å². The maximum atomic E-state index is 11.8. The molecule has 0 bridgehead atoms. The fourth-order valence-electron chi connectivity index (χ4n) is 1.90. The van der Waals surface area contributed by atoms with Gasteiger partial charge in [-0.3, -0.25) is 0 Å². The molecule has 1 aromatic heterocycles. The average molecular weight is 251 g/mol. The molecule has 18 heavy (non-hydrogen) atoms. The summed E-state index contributed by atoms with van der Waals surface area (Å²) in [6.07, 6.45) is 0.292. The molecule has 5 nitrogen and oxygen atoms in total. The molecular weight excluding hydrogens is 234 g/mol. The lowest BCUT2D eigenvalue weighted by molar-refractivity contribution is -0.146. The molecule has 2 rings (SSSR count). The van der Waals surface area contributed by atoms with E-state index in [0.29, 0.717) is 18.3 Å². The van der Waals surface area contributed by atoms with Gasteiger partial charge in [0, 0.05) is 13.3 Å². The van der Waals surface area contributed by atoms with Crippen LogP contribution in [-0.4, -0.2) is 24.5 Å². The van der Waals surface area contributed by atoms with Gasteiger partial charge in [-0.15, -0.1) is 0 Å². The first kappa shape index (κ1) is 12.7. The second-order valence-corrected chi connectivity index (χ2v) is 4.04. The highest BCUT2D eigenvalue weighted by molar-refractivity contribution is 5.85. The number of aryl methyl sites for hydroxylation is 1. The van der Waals surface area contributed by atoms with Crippen molar-refractivity contribution in [1.82, 2.24) is 0 Å². The minimum Gasteiger partial charge on any atom is -0.467 e. The molecule has 0 aliphatic carbocycles. The zero-order chi connectivity index (χ0) is 13.1. The number of esters is 1. The predicted octanol–water partition coefficient (Wildman–Crippen LogP) is 2.26. The molecule has 2 atom stereocenters. The third-order valence-corrected chi connectivity index (χ3v) is 2.74. The number of ether oxygens (including phenoxy) is 2. The van der Waals surface area contributed by atoms with E-state index in [1.165, 1.54) is 0 Å². The minimum atomic E-state index is -0.666. The minimum absolute atomic E-state index is 0.328. The van der Waals surface area contributed by atoms with E-state index in [0.717, 1.165) is 12.2 Å². The van der Waals surface area contributed by atoms with Crippen molar-refractivity contribution >= 4 is 11.9 Å². The highest BCUT2D eigenvalue weighted by atomic mass is 16.5.